The second kappa shape index (κ2) is 9.82. The van der Waals surface area contributed by atoms with E-state index < -0.39 is 0 Å². The van der Waals surface area contributed by atoms with Crippen LogP contribution < -0.4 is 5.32 Å². The van der Waals surface area contributed by atoms with Crippen molar-refractivity contribution in [2.24, 2.45) is 0 Å². The molecule has 3 unspecified atom stereocenters. The van der Waals surface area contributed by atoms with Gasteiger partial charge in [0.05, 0.1) is 18.8 Å². The Morgan fingerprint density at radius 2 is 2.10 bits per heavy atom. The van der Waals surface area contributed by atoms with Gasteiger partial charge >= 0.3 is 0 Å². The highest BCUT2D eigenvalue weighted by atomic mass is 35.5. The lowest BCUT2D eigenvalue weighted by Crippen LogP contribution is -2.57. The fourth-order valence-electron chi connectivity index (χ4n) is 2.86. The predicted octanol–water partition coefficient (Wildman–Crippen LogP) is -0.268. The Hall–Kier alpha value is -0.110. The third kappa shape index (κ3) is 5.54. The number of aliphatic hydroxyl groups excluding tert-OH is 1. The SMILES string of the molecule is COCCN1CCN(C(=O)C2CC(O)CN2)CC1C.Cl.Cl. The van der Waals surface area contributed by atoms with Crippen molar-refractivity contribution in [2.45, 2.75) is 31.5 Å². The molecule has 2 N–H and O–H groups in total. The number of piperazine rings is 1. The quantitative estimate of drug-likeness (QED) is 0.735. The molecule has 3 atom stereocenters. The molecule has 2 aliphatic rings. The zero-order chi connectivity index (χ0) is 13.8. The van der Waals surface area contributed by atoms with Crippen molar-refractivity contribution in [2.75, 3.05) is 46.4 Å². The van der Waals surface area contributed by atoms with Crippen LogP contribution in [0, 0.1) is 0 Å². The number of halogens is 2. The topological polar surface area (TPSA) is 65.0 Å². The zero-order valence-electron chi connectivity index (χ0n) is 12.7. The summed E-state index contributed by atoms with van der Waals surface area (Å²) in [4.78, 5) is 16.6. The van der Waals surface area contributed by atoms with Crippen LogP contribution in [0.25, 0.3) is 0 Å². The molecule has 2 saturated heterocycles. The van der Waals surface area contributed by atoms with Crippen molar-refractivity contribution in [3.8, 4) is 0 Å². The van der Waals surface area contributed by atoms with E-state index in [1.807, 2.05) is 4.90 Å². The van der Waals surface area contributed by atoms with Crippen LogP contribution in [0.1, 0.15) is 13.3 Å². The molecule has 1 amide bonds. The average molecular weight is 344 g/mol. The van der Waals surface area contributed by atoms with Crippen molar-refractivity contribution in [3.63, 3.8) is 0 Å². The van der Waals surface area contributed by atoms with E-state index in [1.165, 1.54) is 0 Å². The molecule has 0 saturated carbocycles. The highest BCUT2D eigenvalue weighted by Crippen LogP contribution is 2.14. The lowest BCUT2D eigenvalue weighted by Gasteiger charge is -2.40. The molecule has 21 heavy (non-hydrogen) atoms. The van der Waals surface area contributed by atoms with Crippen molar-refractivity contribution in [1.82, 2.24) is 15.1 Å². The Morgan fingerprint density at radius 3 is 2.62 bits per heavy atom. The van der Waals surface area contributed by atoms with Gasteiger partial charge in [-0.3, -0.25) is 9.69 Å². The minimum Gasteiger partial charge on any atom is -0.392 e. The summed E-state index contributed by atoms with van der Waals surface area (Å²) >= 11 is 0. The van der Waals surface area contributed by atoms with E-state index >= 15 is 0 Å². The number of hydrogen-bond acceptors (Lipinski definition) is 5. The summed E-state index contributed by atoms with van der Waals surface area (Å²) in [6, 6.07) is 0.159. The van der Waals surface area contributed by atoms with Gasteiger partial charge in [0.1, 0.15) is 0 Å². The van der Waals surface area contributed by atoms with Crippen molar-refractivity contribution < 1.29 is 14.6 Å². The fourth-order valence-corrected chi connectivity index (χ4v) is 2.86. The molecule has 6 nitrogen and oxygen atoms in total. The Bertz CT molecular complexity index is 323. The Balaban J connectivity index is 0.00000200. The summed E-state index contributed by atoms with van der Waals surface area (Å²) < 4.78 is 5.10. The standard InChI is InChI=1S/C13H25N3O3.2ClH/c1-10-9-16(4-3-15(10)5-6-19-2)13(18)12-7-11(17)8-14-12;;/h10-12,14,17H,3-9H2,1-2H3;2*1H. The first-order valence-corrected chi connectivity index (χ1v) is 7.05. The first-order chi connectivity index (χ1) is 9.11. The molecule has 0 spiro atoms. The van der Waals surface area contributed by atoms with Gasteiger partial charge in [0.15, 0.2) is 0 Å². The van der Waals surface area contributed by atoms with Crippen LogP contribution in [-0.4, -0.2) is 85.4 Å². The summed E-state index contributed by atoms with van der Waals surface area (Å²) in [6.07, 6.45) is 0.159. The molecular weight excluding hydrogens is 317 g/mol. The molecule has 0 aliphatic carbocycles. The number of methoxy groups -OCH3 is 1. The van der Waals surface area contributed by atoms with E-state index in [0.717, 1.165) is 32.8 Å². The number of nitrogens with one attached hydrogen (secondary N) is 1. The van der Waals surface area contributed by atoms with E-state index in [2.05, 4.69) is 17.1 Å². The molecule has 0 aromatic heterocycles. The number of hydrogen-bond donors (Lipinski definition) is 2. The second-order valence-corrected chi connectivity index (χ2v) is 5.51. The molecule has 0 aromatic carbocycles. The highest BCUT2D eigenvalue weighted by molar-refractivity contribution is 5.85. The lowest BCUT2D eigenvalue weighted by molar-refractivity contribution is -0.136. The molecule has 126 valence electrons. The van der Waals surface area contributed by atoms with Gasteiger partial charge in [-0.15, -0.1) is 24.8 Å². The minimum atomic E-state index is -0.380. The lowest BCUT2D eigenvalue weighted by atomic mass is 10.1. The van der Waals surface area contributed by atoms with Crippen molar-refractivity contribution in [3.05, 3.63) is 0 Å². The minimum absolute atomic E-state index is 0. The number of carbonyl (C=O) groups is 1. The summed E-state index contributed by atoms with van der Waals surface area (Å²) in [7, 11) is 1.71. The number of ether oxygens (including phenoxy) is 1. The maximum absolute atomic E-state index is 12.3. The molecule has 8 heteroatoms. The number of rotatable bonds is 4. The van der Waals surface area contributed by atoms with Crippen LogP contribution in [0.3, 0.4) is 0 Å². The first kappa shape index (κ1) is 20.9. The summed E-state index contributed by atoms with van der Waals surface area (Å²) in [5.41, 5.74) is 0. The van der Waals surface area contributed by atoms with Gasteiger partial charge in [-0.1, -0.05) is 0 Å². The maximum Gasteiger partial charge on any atom is 0.239 e. The normalized spacial score (nSPS) is 29.7. The first-order valence-electron chi connectivity index (χ1n) is 7.05. The van der Waals surface area contributed by atoms with Crippen LogP contribution in [-0.2, 0) is 9.53 Å². The predicted molar refractivity (Wildman–Crippen MR) is 86.4 cm³/mol. The number of nitrogens with zero attached hydrogens (tertiary/aromatic N) is 2. The van der Waals surface area contributed by atoms with Crippen LogP contribution in [0.15, 0.2) is 0 Å². The molecule has 0 radical (unpaired) electrons. The van der Waals surface area contributed by atoms with Crippen LogP contribution in [0.5, 0.6) is 0 Å². The molecular formula is C13H27Cl2N3O3. The van der Waals surface area contributed by atoms with Crippen LogP contribution in [0.2, 0.25) is 0 Å². The summed E-state index contributed by atoms with van der Waals surface area (Å²) in [5, 5.41) is 12.6. The summed E-state index contributed by atoms with van der Waals surface area (Å²) in [5.74, 6) is 0.134. The van der Waals surface area contributed by atoms with E-state index in [0.29, 0.717) is 19.0 Å². The maximum atomic E-state index is 12.3. The monoisotopic (exact) mass is 343 g/mol. The Labute approximate surface area is 139 Å². The highest BCUT2D eigenvalue weighted by Gasteiger charge is 2.34. The second-order valence-electron chi connectivity index (χ2n) is 5.51. The number of aliphatic hydroxyl groups is 1. The fraction of sp³-hybridized carbons (Fsp3) is 0.923. The van der Waals surface area contributed by atoms with E-state index in [1.54, 1.807) is 7.11 Å². The molecule has 2 aliphatic heterocycles. The van der Waals surface area contributed by atoms with Crippen LogP contribution in [0.4, 0.5) is 0 Å². The number of carbonyl (C=O) groups excluding carboxylic acids is 1. The average Bonchev–Trinajstić information content (AvgIpc) is 2.83. The van der Waals surface area contributed by atoms with Gasteiger partial charge in [0, 0.05) is 45.9 Å². The van der Waals surface area contributed by atoms with Gasteiger partial charge in [-0.05, 0) is 13.3 Å². The zero-order valence-corrected chi connectivity index (χ0v) is 14.3. The van der Waals surface area contributed by atoms with Gasteiger partial charge in [-0.25, -0.2) is 0 Å². The van der Waals surface area contributed by atoms with Crippen LogP contribution >= 0.6 is 24.8 Å². The Kier molecular flexibility index (Phi) is 9.76. The smallest absolute Gasteiger partial charge is 0.239 e. The van der Waals surface area contributed by atoms with E-state index in [-0.39, 0.29) is 42.9 Å². The van der Waals surface area contributed by atoms with Crippen molar-refractivity contribution in [1.29, 1.82) is 0 Å². The van der Waals surface area contributed by atoms with Gasteiger partial charge in [0.2, 0.25) is 5.91 Å². The molecule has 2 heterocycles. The third-order valence-corrected chi connectivity index (χ3v) is 4.07. The van der Waals surface area contributed by atoms with E-state index in [9.17, 15) is 9.90 Å². The Morgan fingerprint density at radius 1 is 1.38 bits per heavy atom. The largest absolute Gasteiger partial charge is 0.392 e. The number of β-amino-alcohol motifs (C(OH)–C–C–N with tert-alkyl or cyclic N) is 1. The molecule has 2 fully saturated rings. The molecule has 0 aromatic rings. The molecule has 2 rings (SSSR count). The van der Waals surface area contributed by atoms with Gasteiger partial charge in [-0.2, -0.15) is 0 Å². The third-order valence-electron chi connectivity index (χ3n) is 4.07. The van der Waals surface area contributed by atoms with E-state index in [4.69, 9.17) is 4.74 Å². The summed E-state index contributed by atoms with van der Waals surface area (Å²) in [6.45, 7) is 6.74. The van der Waals surface area contributed by atoms with Crippen molar-refractivity contribution >= 4 is 30.7 Å². The molecule has 0 bridgehead atoms. The van der Waals surface area contributed by atoms with Gasteiger partial charge < -0.3 is 20.1 Å². The number of amides is 1. The van der Waals surface area contributed by atoms with Gasteiger partial charge in [0.25, 0.3) is 0 Å².